The summed E-state index contributed by atoms with van der Waals surface area (Å²) in [6, 6.07) is 8.01. The van der Waals surface area contributed by atoms with Crippen molar-refractivity contribution in [3.05, 3.63) is 24.3 Å². The number of urea groups is 1. The molecular formula is C22H32N4O3. The summed E-state index contributed by atoms with van der Waals surface area (Å²) in [6.45, 7) is 5.97. The van der Waals surface area contributed by atoms with Gasteiger partial charge in [-0.15, -0.1) is 0 Å². The second-order valence-electron chi connectivity index (χ2n) is 8.19. The molecule has 0 atom stereocenters. The Kier molecular flexibility index (Phi) is 6.54. The predicted octanol–water partition coefficient (Wildman–Crippen LogP) is 2.78. The van der Waals surface area contributed by atoms with E-state index in [4.69, 9.17) is 4.74 Å². The number of para-hydroxylation sites is 2. The molecule has 3 fully saturated rings. The van der Waals surface area contributed by atoms with Crippen LogP contribution in [-0.4, -0.2) is 74.2 Å². The summed E-state index contributed by atoms with van der Waals surface area (Å²) in [5.41, 5.74) is 1.99. The molecule has 0 aliphatic carbocycles. The second kappa shape index (κ2) is 9.48. The predicted molar refractivity (Wildman–Crippen MR) is 113 cm³/mol. The van der Waals surface area contributed by atoms with Crippen molar-refractivity contribution in [1.82, 2.24) is 9.80 Å². The number of benzene rings is 1. The molecule has 0 bridgehead atoms. The van der Waals surface area contributed by atoms with Gasteiger partial charge in [0.1, 0.15) is 0 Å². The lowest BCUT2D eigenvalue weighted by Crippen LogP contribution is -2.48. The molecule has 3 amide bonds. The normalized spacial score (nSPS) is 21.2. The molecule has 3 aliphatic heterocycles. The Morgan fingerprint density at radius 1 is 0.862 bits per heavy atom. The number of carbonyl (C=O) groups excluding carboxylic acids is 2. The van der Waals surface area contributed by atoms with E-state index >= 15 is 0 Å². The quantitative estimate of drug-likeness (QED) is 0.847. The van der Waals surface area contributed by atoms with Crippen molar-refractivity contribution in [2.75, 3.05) is 62.7 Å². The maximum absolute atomic E-state index is 12.9. The molecule has 0 unspecified atom stereocenters. The average molecular weight is 401 g/mol. The number of amides is 3. The molecule has 1 aromatic rings. The van der Waals surface area contributed by atoms with Gasteiger partial charge in [0.25, 0.3) is 0 Å². The Bertz CT molecular complexity index is 706. The average Bonchev–Trinajstić information content (AvgIpc) is 2.80. The van der Waals surface area contributed by atoms with Crippen molar-refractivity contribution in [3.63, 3.8) is 0 Å². The van der Waals surface area contributed by atoms with Crippen LogP contribution in [0, 0.1) is 5.92 Å². The van der Waals surface area contributed by atoms with Gasteiger partial charge in [-0.1, -0.05) is 12.1 Å². The van der Waals surface area contributed by atoms with Crippen LogP contribution in [0.5, 0.6) is 0 Å². The number of piperidine rings is 2. The summed E-state index contributed by atoms with van der Waals surface area (Å²) in [5, 5.41) is 3.12. The van der Waals surface area contributed by atoms with Gasteiger partial charge in [0.05, 0.1) is 24.6 Å². The number of hydrogen-bond donors (Lipinski definition) is 1. The van der Waals surface area contributed by atoms with Crippen LogP contribution in [0.3, 0.4) is 0 Å². The third kappa shape index (κ3) is 4.83. The zero-order valence-electron chi connectivity index (χ0n) is 17.1. The maximum atomic E-state index is 12.9. The van der Waals surface area contributed by atoms with Gasteiger partial charge in [-0.3, -0.25) is 4.79 Å². The highest BCUT2D eigenvalue weighted by Gasteiger charge is 2.31. The number of likely N-dealkylation sites (tertiary alicyclic amines) is 1. The lowest BCUT2D eigenvalue weighted by Gasteiger charge is -2.36. The lowest BCUT2D eigenvalue weighted by molar-refractivity contribution is -0.140. The minimum absolute atomic E-state index is 0.0257. The molecule has 1 N–H and O–H groups in total. The number of hydrogen-bond acceptors (Lipinski definition) is 4. The van der Waals surface area contributed by atoms with Crippen LogP contribution < -0.4 is 10.2 Å². The van der Waals surface area contributed by atoms with Crippen LogP contribution in [0.25, 0.3) is 0 Å². The second-order valence-corrected chi connectivity index (χ2v) is 8.19. The third-order valence-electron chi connectivity index (χ3n) is 6.30. The van der Waals surface area contributed by atoms with Crippen LogP contribution in [0.4, 0.5) is 16.2 Å². The van der Waals surface area contributed by atoms with E-state index in [0.717, 1.165) is 37.3 Å². The van der Waals surface area contributed by atoms with Gasteiger partial charge in [-0.2, -0.15) is 0 Å². The van der Waals surface area contributed by atoms with E-state index in [1.807, 2.05) is 28.0 Å². The highest BCUT2D eigenvalue weighted by atomic mass is 16.5. The summed E-state index contributed by atoms with van der Waals surface area (Å²) < 4.78 is 5.34. The zero-order valence-corrected chi connectivity index (χ0v) is 17.1. The SMILES string of the molecule is O=C(Nc1ccccc1N1CCCCC1)N1CCC(C(=O)N2CCOCC2)CC1. The van der Waals surface area contributed by atoms with E-state index in [9.17, 15) is 9.59 Å². The molecule has 0 aromatic heterocycles. The summed E-state index contributed by atoms with van der Waals surface area (Å²) in [7, 11) is 0. The van der Waals surface area contributed by atoms with E-state index in [1.54, 1.807) is 0 Å². The Morgan fingerprint density at radius 3 is 2.28 bits per heavy atom. The number of morpholine rings is 1. The number of nitrogens with zero attached hydrogens (tertiary/aromatic N) is 3. The van der Waals surface area contributed by atoms with Gasteiger partial charge in [0, 0.05) is 45.2 Å². The van der Waals surface area contributed by atoms with Gasteiger partial charge in [-0.25, -0.2) is 4.79 Å². The Morgan fingerprint density at radius 2 is 1.55 bits per heavy atom. The van der Waals surface area contributed by atoms with E-state index in [-0.39, 0.29) is 17.9 Å². The molecule has 7 nitrogen and oxygen atoms in total. The van der Waals surface area contributed by atoms with Crippen molar-refractivity contribution in [3.8, 4) is 0 Å². The highest BCUT2D eigenvalue weighted by molar-refractivity contribution is 5.93. The Hall–Kier alpha value is -2.28. The lowest BCUT2D eigenvalue weighted by atomic mass is 9.95. The van der Waals surface area contributed by atoms with Crippen molar-refractivity contribution in [2.24, 2.45) is 5.92 Å². The van der Waals surface area contributed by atoms with Crippen LogP contribution >= 0.6 is 0 Å². The number of anilines is 2. The van der Waals surface area contributed by atoms with Crippen LogP contribution in [-0.2, 0) is 9.53 Å². The standard InChI is InChI=1S/C22H32N4O3/c27-21(25-14-16-29-17-15-25)18-8-12-26(13-9-18)22(28)23-19-6-2-3-7-20(19)24-10-4-1-5-11-24/h2-3,6-7,18H,1,4-5,8-17H2,(H,23,28). The van der Waals surface area contributed by atoms with Gasteiger partial charge in [-0.05, 0) is 44.2 Å². The number of nitrogens with one attached hydrogen (secondary N) is 1. The largest absolute Gasteiger partial charge is 0.378 e. The maximum Gasteiger partial charge on any atom is 0.321 e. The van der Waals surface area contributed by atoms with Gasteiger partial charge < -0.3 is 24.8 Å². The first-order chi connectivity index (χ1) is 14.2. The van der Waals surface area contributed by atoms with Crippen molar-refractivity contribution in [1.29, 1.82) is 0 Å². The number of ether oxygens (including phenoxy) is 1. The van der Waals surface area contributed by atoms with Crippen LogP contribution in [0.1, 0.15) is 32.1 Å². The monoisotopic (exact) mass is 400 g/mol. The van der Waals surface area contributed by atoms with E-state index in [0.29, 0.717) is 39.4 Å². The molecule has 4 rings (SSSR count). The molecule has 0 radical (unpaired) electrons. The van der Waals surface area contributed by atoms with Gasteiger partial charge in [0.2, 0.25) is 5.91 Å². The van der Waals surface area contributed by atoms with Gasteiger partial charge in [0.15, 0.2) is 0 Å². The van der Waals surface area contributed by atoms with Crippen molar-refractivity contribution < 1.29 is 14.3 Å². The number of carbonyl (C=O) groups is 2. The molecule has 3 heterocycles. The van der Waals surface area contributed by atoms with E-state index in [1.165, 1.54) is 19.3 Å². The summed E-state index contributed by atoms with van der Waals surface area (Å²) in [4.78, 5) is 31.7. The highest BCUT2D eigenvalue weighted by Crippen LogP contribution is 2.29. The zero-order chi connectivity index (χ0) is 20.1. The third-order valence-corrected chi connectivity index (χ3v) is 6.30. The topological polar surface area (TPSA) is 65.1 Å². The van der Waals surface area contributed by atoms with E-state index < -0.39 is 0 Å². The fraction of sp³-hybridized carbons (Fsp3) is 0.636. The van der Waals surface area contributed by atoms with Crippen molar-refractivity contribution in [2.45, 2.75) is 32.1 Å². The van der Waals surface area contributed by atoms with Gasteiger partial charge >= 0.3 is 6.03 Å². The summed E-state index contributed by atoms with van der Waals surface area (Å²) >= 11 is 0. The fourth-order valence-corrected chi connectivity index (χ4v) is 4.56. The Labute approximate surface area is 173 Å². The molecule has 0 saturated carbocycles. The minimum Gasteiger partial charge on any atom is -0.378 e. The molecule has 0 spiro atoms. The molecule has 3 saturated heterocycles. The Balaban J connectivity index is 1.32. The smallest absolute Gasteiger partial charge is 0.321 e. The molecule has 3 aliphatic rings. The number of rotatable bonds is 3. The van der Waals surface area contributed by atoms with E-state index in [2.05, 4.69) is 16.3 Å². The summed E-state index contributed by atoms with van der Waals surface area (Å²) in [5.74, 6) is 0.251. The summed E-state index contributed by atoms with van der Waals surface area (Å²) in [6.07, 6.45) is 5.15. The fourth-order valence-electron chi connectivity index (χ4n) is 4.56. The first kappa shape index (κ1) is 20.0. The van der Waals surface area contributed by atoms with Crippen LogP contribution in [0.15, 0.2) is 24.3 Å². The molecular weight excluding hydrogens is 368 g/mol. The first-order valence-corrected chi connectivity index (χ1v) is 11.0. The first-order valence-electron chi connectivity index (χ1n) is 11.0. The minimum atomic E-state index is -0.0632. The molecule has 7 heteroatoms. The van der Waals surface area contributed by atoms with Crippen molar-refractivity contribution >= 4 is 23.3 Å². The molecule has 29 heavy (non-hydrogen) atoms. The molecule has 1 aromatic carbocycles. The van der Waals surface area contributed by atoms with Crippen LogP contribution in [0.2, 0.25) is 0 Å². The molecule has 158 valence electrons.